The molecule has 0 aromatic carbocycles. The average Bonchev–Trinajstić information content (AvgIpc) is 3.45. The van der Waals surface area contributed by atoms with Crippen molar-refractivity contribution in [1.82, 2.24) is 0 Å². The topological polar surface area (TPSA) is 78.9 Å². The Morgan fingerprint density at radius 1 is 0.253 bits per heavy atom. The third-order valence-electron chi connectivity index (χ3n) is 13.6. The molecule has 1 atom stereocenters. The van der Waals surface area contributed by atoms with E-state index < -0.39 is 6.10 Å². The van der Waals surface area contributed by atoms with E-state index in [9.17, 15) is 14.4 Å². The van der Waals surface area contributed by atoms with Crippen molar-refractivity contribution in [3.63, 3.8) is 0 Å². The number of hydrogen-bond donors (Lipinski definition) is 0. The number of rotatable bonds is 58. The lowest BCUT2D eigenvalue weighted by molar-refractivity contribution is -0.167. The summed E-state index contributed by atoms with van der Waals surface area (Å²) >= 11 is 0. The van der Waals surface area contributed by atoms with Crippen LogP contribution in [0.3, 0.4) is 0 Å². The largest absolute Gasteiger partial charge is 0.462 e. The number of hydrogen-bond acceptors (Lipinski definition) is 6. The summed E-state index contributed by atoms with van der Waals surface area (Å²) < 4.78 is 16.8. The first-order valence-corrected chi connectivity index (χ1v) is 32.7. The summed E-state index contributed by atoms with van der Waals surface area (Å²) in [6, 6.07) is 0. The van der Waals surface area contributed by atoms with E-state index in [4.69, 9.17) is 14.2 Å². The minimum Gasteiger partial charge on any atom is -0.462 e. The molecular weight excluding hydrogens is 973 g/mol. The molecule has 0 saturated carbocycles. The molecule has 0 amide bonds. The predicted octanol–water partition coefficient (Wildman–Crippen LogP) is 22.5. The van der Waals surface area contributed by atoms with Crippen LogP contribution in [0.4, 0.5) is 0 Å². The van der Waals surface area contributed by atoms with E-state index in [0.717, 1.165) is 128 Å². The summed E-state index contributed by atoms with van der Waals surface area (Å²) in [5, 5.41) is 0. The first kappa shape index (κ1) is 74.5. The van der Waals surface area contributed by atoms with Gasteiger partial charge in [0.25, 0.3) is 0 Å². The van der Waals surface area contributed by atoms with Crippen LogP contribution in [0.15, 0.2) is 134 Å². The molecule has 0 N–H and O–H groups in total. The van der Waals surface area contributed by atoms with Crippen molar-refractivity contribution in [2.75, 3.05) is 13.2 Å². The zero-order valence-electron chi connectivity index (χ0n) is 51.3. The van der Waals surface area contributed by atoms with E-state index in [-0.39, 0.29) is 37.5 Å². The van der Waals surface area contributed by atoms with Crippen molar-refractivity contribution in [2.24, 2.45) is 0 Å². The maximum absolute atomic E-state index is 12.9. The van der Waals surface area contributed by atoms with Gasteiger partial charge in [0.05, 0.1) is 0 Å². The molecule has 0 rings (SSSR count). The van der Waals surface area contributed by atoms with Gasteiger partial charge in [0.15, 0.2) is 6.10 Å². The van der Waals surface area contributed by atoms with E-state index in [1.807, 2.05) is 0 Å². The first-order chi connectivity index (χ1) is 39.0. The molecule has 448 valence electrons. The highest BCUT2D eigenvalue weighted by molar-refractivity contribution is 5.71. The number of unbranched alkanes of at least 4 members (excludes halogenated alkanes) is 25. The van der Waals surface area contributed by atoms with Gasteiger partial charge in [-0.2, -0.15) is 0 Å². The smallest absolute Gasteiger partial charge is 0.306 e. The molecule has 0 fully saturated rings. The van der Waals surface area contributed by atoms with E-state index in [0.29, 0.717) is 19.3 Å². The first-order valence-electron chi connectivity index (χ1n) is 32.7. The van der Waals surface area contributed by atoms with E-state index in [1.165, 1.54) is 116 Å². The van der Waals surface area contributed by atoms with E-state index in [2.05, 4.69) is 154 Å². The molecule has 0 saturated heterocycles. The minimum atomic E-state index is -0.815. The van der Waals surface area contributed by atoms with Gasteiger partial charge in [-0.3, -0.25) is 14.4 Å². The molecule has 79 heavy (non-hydrogen) atoms. The number of esters is 3. The fourth-order valence-electron chi connectivity index (χ4n) is 8.85. The lowest BCUT2D eigenvalue weighted by atomic mass is 10.0. The fourth-order valence-corrected chi connectivity index (χ4v) is 8.85. The van der Waals surface area contributed by atoms with Gasteiger partial charge in [-0.15, -0.1) is 0 Å². The molecule has 0 aliphatic carbocycles. The summed E-state index contributed by atoms with van der Waals surface area (Å²) in [7, 11) is 0. The van der Waals surface area contributed by atoms with Crippen LogP contribution >= 0.6 is 0 Å². The van der Waals surface area contributed by atoms with Crippen LogP contribution in [0.25, 0.3) is 0 Å². The molecule has 0 aromatic heterocycles. The Kier molecular flexibility index (Phi) is 62.3. The van der Waals surface area contributed by atoms with Crippen LogP contribution in [0.1, 0.15) is 290 Å². The molecule has 1 unspecified atom stereocenters. The lowest BCUT2D eigenvalue weighted by Gasteiger charge is -2.18. The number of carbonyl (C=O) groups excluding carboxylic acids is 3. The number of carbonyl (C=O) groups is 3. The Labute approximate surface area is 487 Å². The summed E-state index contributed by atoms with van der Waals surface area (Å²) in [6.07, 6.45) is 93.5. The Hall–Kier alpha value is -4.45. The van der Waals surface area contributed by atoms with Crippen LogP contribution in [-0.4, -0.2) is 37.2 Å². The van der Waals surface area contributed by atoms with Gasteiger partial charge in [-0.1, -0.05) is 276 Å². The Balaban J connectivity index is 4.19. The average molecular weight is 1090 g/mol. The molecule has 0 aliphatic heterocycles. The standard InChI is InChI=1S/C73H120O6/c1-4-7-10-13-16-19-22-25-27-28-29-30-31-32-33-34-35-36-37-38-39-40-41-42-43-44-46-48-51-54-57-60-63-66-72(75)78-69-70(68-77-71(74)65-62-59-56-53-50-47-24-21-18-15-12-9-6-3)79-73(76)67-64-61-58-55-52-49-45-26-23-20-17-14-11-8-5-2/h7-12,16-21,25-27,29-30,45,47,50,52,55,70H,4-6,13-15,22-24,28,31-44,46,48-49,51,53-54,56-69H2,1-3H3/b10-7-,11-8-,12-9-,19-16-,20-17-,21-18-,27-25-,30-29-,45-26-,50-47-,55-52-. The maximum Gasteiger partial charge on any atom is 0.306 e. The van der Waals surface area contributed by atoms with Crippen molar-refractivity contribution in [3.05, 3.63) is 134 Å². The van der Waals surface area contributed by atoms with Gasteiger partial charge < -0.3 is 14.2 Å². The van der Waals surface area contributed by atoms with Crippen LogP contribution in [0, 0.1) is 0 Å². The van der Waals surface area contributed by atoms with Crippen molar-refractivity contribution in [2.45, 2.75) is 297 Å². The molecular formula is C73H120O6. The molecule has 6 heteroatoms. The van der Waals surface area contributed by atoms with Crippen LogP contribution in [0.2, 0.25) is 0 Å². The molecule has 0 aromatic rings. The molecule has 0 spiro atoms. The van der Waals surface area contributed by atoms with Gasteiger partial charge in [-0.05, 0) is 128 Å². The molecule has 0 bridgehead atoms. The number of allylic oxidation sites excluding steroid dienone is 22. The second-order valence-corrected chi connectivity index (χ2v) is 21.2. The second-order valence-electron chi connectivity index (χ2n) is 21.2. The molecule has 0 radical (unpaired) electrons. The normalized spacial score (nSPS) is 13.0. The summed E-state index contributed by atoms with van der Waals surface area (Å²) in [5.74, 6) is -0.974. The SMILES string of the molecule is CC/C=C\C/C=C\C/C=C\C/C=C\CCCCCCCCCCCCCCCCCCCCCCC(=O)OCC(COC(=O)CCCCC/C=C\C/C=C\C/C=C\CC)OC(=O)CCCC/C=C\C/C=C\C/C=C\C/C=C\CC. The zero-order valence-corrected chi connectivity index (χ0v) is 51.3. The van der Waals surface area contributed by atoms with Gasteiger partial charge >= 0.3 is 17.9 Å². The van der Waals surface area contributed by atoms with Gasteiger partial charge in [0.1, 0.15) is 13.2 Å². The van der Waals surface area contributed by atoms with E-state index >= 15 is 0 Å². The predicted molar refractivity (Wildman–Crippen MR) is 343 cm³/mol. The Morgan fingerprint density at radius 2 is 0.456 bits per heavy atom. The highest BCUT2D eigenvalue weighted by Crippen LogP contribution is 2.16. The Bertz CT molecular complexity index is 1680. The molecule has 0 heterocycles. The van der Waals surface area contributed by atoms with Crippen LogP contribution in [-0.2, 0) is 28.6 Å². The van der Waals surface area contributed by atoms with Crippen LogP contribution in [0.5, 0.6) is 0 Å². The summed E-state index contributed by atoms with van der Waals surface area (Å²) in [5.41, 5.74) is 0. The van der Waals surface area contributed by atoms with Gasteiger partial charge in [-0.25, -0.2) is 0 Å². The highest BCUT2D eigenvalue weighted by Gasteiger charge is 2.19. The van der Waals surface area contributed by atoms with E-state index in [1.54, 1.807) is 0 Å². The maximum atomic E-state index is 12.9. The monoisotopic (exact) mass is 1090 g/mol. The quantitative estimate of drug-likeness (QED) is 0.0261. The fraction of sp³-hybridized carbons (Fsp3) is 0.658. The summed E-state index contributed by atoms with van der Waals surface area (Å²) in [6.45, 7) is 6.25. The van der Waals surface area contributed by atoms with Crippen molar-refractivity contribution in [1.29, 1.82) is 0 Å². The summed E-state index contributed by atoms with van der Waals surface area (Å²) in [4.78, 5) is 38.2. The molecule has 0 aliphatic rings. The lowest BCUT2D eigenvalue weighted by Crippen LogP contribution is -2.30. The van der Waals surface area contributed by atoms with Crippen molar-refractivity contribution < 1.29 is 28.6 Å². The molecule has 6 nitrogen and oxygen atoms in total. The van der Waals surface area contributed by atoms with Crippen LogP contribution < -0.4 is 0 Å². The zero-order chi connectivity index (χ0) is 57.1. The third-order valence-corrected chi connectivity index (χ3v) is 13.6. The van der Waals surface area contributed by atoms with Crippen molar-refractivity contribution in [3.8, 4) is 0 Å². The number of ether oxygens (including phenoxy) is 3. The highest BCUT2D eigenvalue weighted by atomic mass is 16.6. The minimum absolute atomic E-state index is 0.105. The Morgan fingerprint density at radius 3 is 0.747 bits per heavy atom. The van der Waals surface area contributed by atoms with Crippen molar-refractivity contribution >= 4 is 17.9 Å². The van der Waals surface area contributed by atoms with Gasteiger partial charge in [0, 0.05) is 19.3 Å². The third kappa shape index (κ3) is 64.3. The second kappa shape index (κ2) is 66.1. The van der Waals surface area contributed by atoms with Gasteiger partial charge in [0.2, 0.25) is 0 Å².